The number of ether oxygens (including phenoxy) is 2. The van der Waals surface area contributed by atoms with E-state index in [-0.39, 0.29) is 40.5 Å². The number of allylic oxidation sites excluding steroid dienone is 1. The first-order chi connectivity index (χ1) is 42.8. The Morgan fingerprint density at radius 3 is 1.48 bits per heavy atom. The molecule has 3 aromatic carbocycles. The van der Waals surface area contributed by atoms with Crippen LogP contribution in [0.1, 0.15) is 135 Å². The Kier molecular flexibility index (Phi) is 19.6. The summed E-state index contributed by atoms with van der Waals surface area (Å²) >= 11 is 22.6. The second kappa shape index (κ2) is 26.5. The predicted molar refractivity (Wildman–Crippen MR) is 370 cm³/mol. The summed E-state index contributed by atoms with van der Waals surface area (Å²) in [5.41, 5.74) is 12.9. The van der Waals surface area contributed by atoms with Crippen molar-refractivity contribution in [3.63, 3.8) is 0 Å². The lowest BCUT2D eigenvalue weighted by atomic mass is 9.64. The summed E-state index contributed by atoms with van der Waals surface area (Å²) in [4.78, 5) is 41.0. The van der Waals surface area contributed by atoms with Crippen molar-refractivity contribution < 1.29 is 29.1 Å². The first-order valence-electron chi connectivity index (χ1n) is 30.9. The van der Waals surface area contributed by atoms with Gasteiger partial charge >= 0.3 is 19.3 Å². The van der Waals surface area contributed by atoms with Gasteiger partial charge in [-0.2, -0.15) is 10.2 Å². The summed E-state index contributed by atoms with van der Waals surface area (Å²) in [6.45, 7) is 17.3. The van der Waals surface area contributed by atoms with Crippen molar-refractivity contribution in [2.75, 3.05) is 69.8 Å². The van der Waals surface area contributed by atoms with Gasteiger partial charge in [-0.1, -0.05) is 61.5 Å². The van der Waals surface area contributed by atoms with Gasteiger partial charge in [0.1, 0.15) is 28.7 Å². The summed E-state index contributed by atoms with van der Waals surface area (Å²) in [6.07, 6.45) is 11.3. The van der Waals surface area contributed by atoms with Crippen LogP contribution in [0.15, 0.2) is 75.3 Å². The number of rotatable bonds is 4. The van der Waals surface area contributed by atoms with Crippen LogP contribution in [0.2, 0.25) is 15.1 Å². The van der Waals surface area contributed by atoms with Crippen molar-refractivity contribution in [3.05, 3.63) is 103 Å². The quantitative estimate of drug-likeness (QED) is 0.0616. The minimum Gasteiger partial charge on any atom is -0.444 e. The maximum absolute atomic E-state index is 12.5. The highest BCUT2D eigenvalue weighted by atomic mass is 79.9. The fraction of sp³-hybridized carbons (Fsp3) is 0.508. The molecular formula is C65H84BBrCl3N15O6. The van der Waals surface area contributed by atoms with Crippen molar-refractivity contribution in [3.8, 4) is 22.5 Å². The fourth-order valence-electron chi connectivity index (χ4n) is 13.5. The van der Waals surface area contributed by atoms with E-state index in [1.165, 1.54) is 36.1 Å². The Balaban J connectivity index is 0.000000137. The Morgan fingerprint density at radius 2 is 1.07 bits per heavy atom. The molecule has 14 rings (SSSR count). The average Bonchev–Trinajstić information content (AvgIpc) is 1.61. The smallest absolute Gasteiger partial charge is 0.444 e. The van der Waals surface area contributed by atoms with Gasteiger partial charge in [-0.25, -0.2) is 9.59 Å². The van der Waals surface area contributed by atoms with Crippen LogP contribution < -0.4 is 32.0 Å². The Bertz CT molecular complexity index is 3760. The lowest BCUT2D eigenvalue weighted by Gasteiger charge is -2.38. The molecule has 0 unspecified atom stereocenters. The van der Waals surface area contributed by atoms with Crippen LogP contribution in [-0.4, -0.2) is 146 Å². The van der Waals surface area contributed by atoms with Gasteiger partial charge in [0.15, 0.2) is 0 Å². The zero-order chi connectivity index (χ0) is 64.2. The second-order valence-electron chi connectivity index (χ2n) is 26.4. The van der Waals surface area contributed by atoms with Crippen LogP contribution in [0.3, 0.4) is 0 Å². The molecule has 4 fully saturated rings. The third-order valence-corrected chi connectivity index (χ3v) is 19.5. The van der Waals surface area contributed by atoms with Crippen molar-refractivity contribution >= 4 is 115 Å². The molecule has 91 heavy (non-hydrogen) atoms. The van der Waals surface area contributed by atoms with E-state index < -0.39 is 18.3 Å². The van der Waals surface area contributed by atoms with E-state index in [2.05, 4.69) is 92.5 Å². The highest BCUT2D eigenvalue weighted by Gasteiger charge is 2.52. The van der Waals surface area contributed by atoms with E-state index in [0.29, 0.717) is 54.8 Å². The highest BCUT2D eigenvalue weighted by molar-refractivity contribution is 9.18. The van der Waals surface area contributed by atoms with E-state index >= 15 is 0 Å². The summed E-state index contributed by atoms with van der Waals surface area (Å²) in [6, 6.07) is 16.2. The number of anilines is 3. The largest absolute Gasteiger partial charge is 0.490 e. The third kappa shape index (κ3) is 13.4. The van der Waals surface area contributed by atoms with Gasteiger partial charge in [-0.15, -0.1) is 0 Å². The number of benzene rings is 3. The number of nitrogens with one attached hydrogen (secondary N) is 6. The number of amides is 2. The Labute approximate surface area is 557 Å². The number of aromatic nitrogens is 4. The highest BCUT2D eigenvalue weighted by Crippen LogP contribution is 2.55. The third-order valence-electron chi connectivity index (χ3n) is 18.3. The zero-order valence-electron chi connectivity index (χ0n) is 52.6. The molecule has 2 aromatic heterocycles. The Hall–Kier alpha value is -6.47. The summed E-state index contributed by atoms with van der Waals surface area (Å²) in [5, 5.41) is 54.1. The molecule has 5 aromatic rings. The van der Waals surface area contributed by atoms with Crippen LogP contribution in [0.4, 0.5) is 26.7 Å². The molecule has 21 nitrogen and oxygen atoms in total. The van der Waals surface area contributed by atoms with Gasteiger partial charge in [-0.3, -0.25) is 29.8 Å². The van der Waals surface area contributed by atoms with Gasteiger partial charge in [0, 0.05) is 98.2 Å². The molecule has 3 saturated carbocycles. The monoisotopic (exact) mass is 1370 g/mol. The fourth-order valence-corrected chi connectivity index (χ4v) is 14.6. The zero-order valence-corrected chi connectivity index (χ0v) is 56.4. The number of aliphatic imine (C=N–C) groups is 3. The molecule has 1 saturated heterocycles. The van der Waals surface area contributed by atoms with E-state index in [0.717, 1.165) is 137 Å². The molecule has 0 radical (unpaired) electrons. The summed E-state index contributed by atoms with van der Waals surface area (Å²) in [5.74, 6) is 3.09. The minimum absolute atomic E-state index is 0. The average molecular weight is 1370 g/mol. The lowest BCUT2D eigenvalue weighted by Crippen LogP contribution is -2.47. The first kappa shape index (κ1) is 67.4. The van der Waals surface area contributed by atoms with Gasteiger partial charge in [0.2, 0.25) is 0 Å². The molecular weight excluding hydrogens is 1280 g/mol. The maximum atomic E-state index is 12.5. The Morgan fingerprint density at radius 1 is 0.626 bits per heavy atom. The lowest BCUT2D eigenvalue weighted by molar-refractivity contribution is 0.0192. The van der Waals surface area contributed by atoms with E-state index in [1.54, 1.807) is 29.0 Å². The van der Waals surface area contributed by atoms with E-state index in [1.807, 2.05) is 72.5 Å². The van der Waals surface area contributed by atoms with Crippen molar-refractivity contribution in [2.45, 2.75) is 160 Å². The standard InChI is InChI=1S/C23H28ClN5O2.C18H20ClN5.C12H14BClN2O2.C11H18BrN3O2.CH4/c1-22(2,3)31-21(30)28-8-9-29-14(13-28)10-18(27-29)15-11-19-16(12-17(15)24)23(6-5-7-23)20(25-4)26-19;1-20-17-18(3-2-4-18)13-9-14(19)12(8-16(13)22-17)15-7-11-10-21-5-6-24(11)23-15;1-15-11-12(3-2-4-12)7-5-9(14)8(13(17)18)6-10(7)16-11;1-11(2,3)17-10(16)15-5-4-14-8(7-15)6-9(12)13;/h10-12H,5-9,13H2,1-4H3,(H,25,26);7-9,21H,2-6,10H2,1H3,(H,20,22);5-6,17-18H,2-4H2,1H3,(H,15,16);6,13-14H,4-5,7H2,1-3H3;1H4/b;;;8-6-,13-9?;. The van der Waals surface area contributed by atoms with Gasteiger partial charge in [0.05, 0.1) is 79.9 Å². The SMILES string of the molecule is C.CC(C)(C)OC(=O)N1CCN/C(=C\C(=N)Br)C1.CN=C1Nc2cc(-c3cc4n(n3)CCN(C(=O)OC(C)(C)C)C4)c(Cl)cc2C12CCC2.CN=C1Nc2cc(-c3cc4n(n3)CCNC4)c(Cl)cc2C12CCC2.CN=C1Nc2cc(B(O)O)c(Cl)cc2C12CCC2. The normalized spacial score (nSPS) is 20.6. The van der Waals surface area contributed by atoms with Gasteiger partial charge in [0.25, 0.3) is 0 Å². The second-order valence-corrected chi connectivity index (χ2v) is 28.4. The number of fused-ring (bicyclic) bond motifs is 8. The first-order valence-corrected chi connectivity index (χ1v) is 32.8. The van der Waals surface area contributed by atoms with Crippen molar-refractivity contribution in [2.24, 2.45) is 15.0 Å². The number of halogens is 4. The molecule has 2 amide bonds. The number of nitrogens with zero attached hydrogens (tertiary/aromatic N) is 9. The van der Waals surface area contributed by atoms with Crippen LogP contribution >= 0.6 is 50.7 Å². The molecule has 26 heteroatoms. The van der Waals surface area contributed by atoms with Crippen LogP contribution in [0, 0.1) is 5.41 Å². The summed E-state index contributed by atoms with van der Waals surface area (Å²) in [7, 11) is 3.94. The molecule has 3 spiro atoms. The van der Waals surface area contributed by atoms with Crippen molar-refractivity contribution in [1.29, 1.82) is 5.41 Å². The topological polar surface area (TPSA) is 256 Å². The molecule has 486 valence electrons. The molecule has 0 bridgehead atoms. The van der Waals surface area contributed by atoms with E-state index in [9.17, 15) is 19.6 Å². The van der Waals surface area contributed by atoms with Crippen LogP contribution in [0.5, 0.6) is 0 Å². The van der Waals surface area contributed by atoms with Crippen LogP contribution in [0.25, 0.3) is 22.5 Å². The molecule has 6 aliphatic heterocycles. The predicted octanol–water partition coefficient (Wildman–Crippen LogP) is 11.6. The molecule has 8 heterocycles. The number of hydrogen-bond donors (Lipinski definition) is 8. The maximum Gasteiger partial charge on any atom is 0.490 e. The molecule has 0 atom stereocenters. The number of piperazine rings is 1. The van der Waals surface area contributed by atoms with Gasteiger partial charge < -0.3 is 55.9 Å². The van der Waals surface area contributed by atoms with Gasteiger partial charge in [-0.05, 0) is 167 Å². The van der Waals surface area contributed by atoms with Crippen LogP contribution in [-0.2, 0) is 51.9 Å². The number of carbonyl (C=O) groups excluding carboxylic acids is 2. The van der Waals surface area contributed by atoms with Crippen molar-refractivity contribution in [1.82, 2.24) is 40.0 Å². The number of amidine groups is 3. The molecule has 8 N–H and O–H groups in total. The minimum atomic E-state index is -1.55. The molecule has 9 aliphatic rings. The summed E-state index contributed by atoms with van der Waals surface area (Å²) < 4.78 is 15.1. The molecule has 3 aliphatic carbocycles. The number of hydrogen-bond acceptors (Lipinski definition) is 14. The van der Waals surface area contributed by atoms with E-state index in [4.69, 9.17) is 59.9 Å². The number of carbonyl (C=O) groups is 2.